The molecule has 1 saturated carbocycles. The van der Waals surface area contributed by atoms with Gasteiger partial charge in [0.25, 0.3) is 0 Å². The molecule has 1 aliphatic rings. The van der Waals surface area contributed by atoms with Crippen molar-refractivity contribution in [1.29, 1.82) is 0 Å². The molecule has 0 amide bonds. The topological polar surface area (TPSA) is 52.6 Å². The molecule has 1 fully saturated rings. The Kier molecular flexibility index (Phi) is 5.15. The maximum absolute atomic E-state index is 13.5. The minimum Gasteiger partial charge on any atom is -0.496 e. The standard InChI is InChI=1S/C18H26O4P/c1-17(2,3)23(20)18(11-6-7-12-18)16(19)15-13(21-4)9-8-10-14(15)22-5/h8-10H,6-7,11-12H2,1-5H3/q+1. The molecule has 0 N–H and O–H groups in total. The zero-order valence-electron chi connectivity index (χ0n) is 14.6. The Labute approximate surface area is 139 Å². The molecule has 0 aliphatic heterocycles. The molecule has 0 aromatic heterocycles. The molecule has 0 bridgehead atoms. The van der Waals surface area contributed by atoms with Crippen LogP contribution in [0.4, 0.5) is 0 Å². The normalized spacial score (nSPS) is 17.7. The van der Waals surface area contributed by atoms with Crippen molar-refractivity contribution in [2.24, 2.45) is 0 Å². The van der Waals surface area contributed by atoms with E-state index < -0.39 is 18.1 Å². The lowest BCUT2D eigenvalue weighted by Gasteiger charge is -2.24. The summed E-state index contributed by atoms with van der Waals surface area (Å²) in [5.41, 5.74) is 0.423. The van der Waals surface area contributed by atoms with Crippen LogP contribution in [-0.4, -0.2) is 30.3 Å². The van der Waals surface area contributed by atoms with Crippen LogP contribution < -0.4 is 9.47 Å². The van der Waals surface area contributed by atoms with Gasteiger partial charge in [-0.15, -0.1) is 0 Å². The molecular formula is C18H26O4P+. The first-order chi connectivity index (χ1) is 10.8. The second-order valence-electron chi connectivity index (χ2n) is 7.07. The van der Waals surface area contributed by atoms with Crippen LogP contribution in [0.25, 0.3) is 0 Å². The minimum atomic E-state index is -1.72. The third-order valence-corrected chi connectivity index (χ3v) is 7.15. The number of benzene rings is 1. The molecule has 126 valence electrons. The van der Waals surface area contributed by atoms with E-state index in [-0.39, 0.29) is 5.78 Å². The summed E-state index contributed by atoms with van der Waals surface area (Å²) in [6, 6.07) is 5.30. The number of rotatable bonds is 5. The number of Topliss-reactive ketones (excluding diaryl/α,β-unsaturated/α-hetero) is 1. The third kappa shape index (κ3) is 3.14. The quantitative estimate of drug-likeness (QED) is 0.571. The van der Waals surface area contributed by atoms with E-state index >= 15 is 0 Å². The largest absolute Gasteiger partial charge is 0.496 e. The van der Waals surface area contributed by atoms with E-state index in [1.165, 1.54) is 14.2 Å². The van der Waals surface area contributed by atoms with Gasteiger partial charge in [0.2, 0.25) is 10.9 Å². The number of carbonyl (C=O) groups excluding carboxylic acids is 1. The number of carbonyl (C=O) groups is 1. The molecule has 0 radical (unpaired) electrons. The van der Waals surface area contributed by atoms with Crippen molar-refractivity contribution in [1.82, 2.24) is 0 Å². The van der Waals surface area contributed by atoms with Gasteiger partial charge in [0.15, 0.2) is 5.16 Å². The van der Waals surface area contributed by atoms with E-state index in [4.69, 9.17) is 9.47 Å². The van der Waals surface area contributed by atoms with Crippen molar-refractivity contribution in [3.8, 4) is 11.5 Å². The predicted octanol–water partition coefficient (Wildman–Crippen LogP) is 4.83. The Bertz CT molecular complexity index is 588. The lowest BCUT2D eigenvalue weighted by atomic mass is 9.93. The number of methoxy groups -OCH3 is 2. The second kappa shape index (κ2) is 6.60. The molecule has 5 heteroatoms. The average molecular weight is 337 g/mol. The molecule has 0 saturated heterocycles. The van der Waals surface area contributed by atoms with Crippen LogP contribution in [0, 0.1) is 0 Å². The maximum Gasteiger partial charge on any atom is 0.358 e. The third-order valence-electron chi connectivity index (χ3n) is 4.51. The van der Waals surface area contributed by atoms with Gasteiger partial charge in [-0.3, -0.25) is 4.79 Å². The van der Waals surface area contributed by atoms with Gasteiger partial charge in [-0.25, -0.2) is 0 Å². The Hall–Kier alpha value is -1.41. The van der Waals surface area contributed by atoms with E-state index in [1.54, 1.807) is 18.2 Å². The number of ketones is 1. The van der Waals surface area contributed by atoms with Crippen LogP contribution in [0.1, 0.15) is 56.8 Å². The van der Waals surface area contributed by atoms with E-state index in [0.29, 0.717) is 29.9 Å². The first-order valence-corrected chi connectivity index (χ1v) is 9.27. The summed E-state index contributed by atoms with van der Waals surface area (Å²) in [7, 11) is 1.36. The van der Waals surface area contributed by atoms with Crippen LogP contribution in [0.3, 0.4) is 0 Å². The highest BCUT2D eigenvalue weighted by atomic mass is 31.1. The molecule has 1 aromatic carbocycles. The van der Waals surface area contributed by atoms with Crippen molar-refractivity contribution in [2.45, 2.75) is 56.8 Å². The van der Waals surface area contributed by atoms with Crippen LogP contribution in [0.2, 0.25) is 0 Å². The SMILES string of the molecule is COc1cccc(OC)c1C(=O)C1([P+](=O)C(C)(C)C)CCCC1. The lowest BCUT2D eigenvalue weighted by Crippen LogP contribution is -2.36. The Balaban J connectivity index is 2.59. The summed E-state index contributed by atoms with van der Waals surface area (Å²) in [4.78, 5) is 13.5. The molecule has 0 spiro atoms. The van der Waals surface area contributed by atoms with Gasteiger partial charge < -0.3 is 9.47 Å². The number of hydrogen-bond acceptors (Lipinski definition) is 4. The van der Waals surface area contributed by atoms with Crippen LogP contribution in [0.5, 0.6) is 11.5 Å². The molecule has 0 heterocycles. The Morgan fingerprint density at radius 2 is 1.57 bits per heavy atom. The number of ether oxygens (including phenoxy) is 2. The zero-order valence-corrected chi connectivity index (χ0v) is 15.5. The smallest absolute Gasteiger partial charge is 0.358 e. The van der Waals surface area contributed by atoms with Crippen LogP contribution in [0.15, 0.2) is 18.2 Å². The van der Waals surface area contributed by atoms with Crippen LogP contribution in [-0.2, 0) is 4.57 Å². The van der Waals surface area contributed by atoms with Gasteiger partial charge in [-0.2, -0.15) is 0 Å². The van der Waals surface area contributed by atoms with E-state index in [9.17, 15) is 9.36 Å². The molecule has 1 aliphatic carbocycles. The fourth-order valence-electron chi connectivity index (χ4n) is 3.43. The molecule has 1 atom stereocenters. The summed E-state index contributed by atoms with van der Waals surface area (Å²) in [5.74, 6) is 0.871. The fraction of sp³-hybridized carbons (Fsp3) is 0.611. The van der Waals surface area contributed by atoms with Crippen molar-refractivity contribution >= 4 is 13.6 Å². The van der Waals surface area contributed by atoms with Crippen molar-refractivity contribution in [3.63, 3.8) is 0 Å². The first kappa shape index (κ1) is 17.9. The van der Waals surface area contributed by atoms with Gasteiger partial charge in [-0.05, 0) is 45.7 Å². The second-order valence-corrected chi connectivity index (χ2v) is 9.86. The van der Waals surface area contributed by atoms with Gasteiger partial charge in [0.05, 0.1) is 14.2 Å². The Morgan fingerprint density at radius 3 is 1.96 bits per heavy atom. The Morgan fingerprint density at radius 1 is 1.09 bits per heavy atom. The number of hydrogen-bond donors (Lipinski definition) is 0. The monoisotopic (exact) mass is 337 g/mol. The molecule has 1 aromatic rings. The predicted molar refractivity (Wildman–Crippen MR) is 92.4 cm³/mol. The summed E-state index contributed by atoms with van der Waals surface area (Å²) in [6.07, 6.45) is 3.19. The minimum absolute atomic E-state index is 0.0969. The highest BCUT2D eigenvalue weighted by Crippen LogP contribution is 2.59. The summed E-state index contributed by atoms with van der Waals surface area (Å²) in [5, 5.41) is -1.22. The molecule has 2 rings (SSSR count). The molecular weight excluding hydrogens is 311 g/mol. The highest BCUT2D eigenvalue weighted by Gasteiger charge is 2.62. The summed E-state index contributed by atoms with van der Waals surface area (Å²) < 4.78 is 24.0. The summed E-state index contributed by atoms with van der Waals surface area (Å²) >= 11 is 0. The molecule has 23 heavy (non-hydrogen) atoms. The van der Waals surface area contributed by atoms with Gasteiger partial charge in [0, 0.05) is 12.8 Å². The molecule has 1 unspecified atom stereocenters. The maximum atomic E-state index is 13.5. The van der Waals surface area contributed by atoms with Gasteiger partial charge in [-0.1, -0.05) is 10.6 Å². The average Bonchev–Trinajstić information content (AvgIpc) is 3.02. The lowest BCUT2D eigenvalue weighted by molar-refractivity contribution is 0.0932. The van der Waals surface area contributed by atoms with Crippen LogP contribution >= 0.6 is 7.80 Å². The van der Waals surface area contributed by atoms with E-state index in [0.717, 1.165) is 12.8 Å². The van der Waals surface area contributed by atoms with Crippen molar-refractivity contribution < 1.29 is 18.8 Å². The van der Waals surface area contributed by atoms with E-state index in [1.807, 2.05) is 20.8 Å². The fourth-order valence-corrected chi connectivity index (χ4v) is 5.73. The van der Waals surface area contributed by atoms with Gasteiger partial charge >= 0.3 is 7.80 Å². The molecule has 4 nitrogen and oxygen atoms in total. The summed E-state index contributed by atoms with van der Waals surface area (Å²) in [6.45, 7) is 5.83. The van der Waals surface area contributed by atoms with Gasteiger partial charge in [0.1, 0.15) is 17.1 Å². The van der Waals surface area contributed by atoms with Crippen molar-refractivity contribution in [3.05, 3.63) is 23.8 Å². The first-order valence-electron chi connectivity index (χ1n) is 8.01. The van der Waals surface area contributed by atoms with Crippen molar-refractivity contribution in [2.75, 3.05) is 14.2 Å². The zero-order chi connectivity index (χ0) is 17.3. The highest BCUT2D eigenvalue weighted by molar-refractivity contribution is 7.49. The van der Waals surface area contributed by atoms with E-state index in [2.05, 4.69) is 0 Å².